The molecule has 0 spiro atoms. The highest BCUT2D eigenvalue weighted by molar-refractivity contribution is 6.36. The average molecular weight is 308 g/mol. The molecule has 21 heavy (non-hydrogen) atoms. The molecule has 114 valence electrons. The zero-order valence-corrected chi connectivity index (χ0v) is 13.1. The lowest BCUT2D eigenvalue weighted by Crippen LogP contribution is -2.43. The second kappa shape index (κ2) is 5.85. The van der Waals surface area contributed by atoms with Crippen LogP contribution in [0.5, 0.6) is 0 Å². The zero-order chi connectivity index (χ0) is 15.0. The van der Waals surface area contributed by atoms with Gasteiger partial charge in [0.25, 0.3) is 5.91 Å². The number of nitrogens with one attached hydrogen (secondary N) is 1. The van der Waals surface area contributed by atoms with E-state index in [2.05, 4.69) is 17.3 Å². The fourth-order valence-corrected chi connectivity index (χ4v) is 3.96. The normalized spacial score (nSPS) is 28.6. The van der Waals surface area contributed by atoms with Crippen molar-refractivity contribution in [2.45, 2.75) is 37.8 Å². The Balaban J connectivity index is 1.58. The average Bonchev–Trinajstić information content (AvgIpc) is 2.70. The van der Waals surface area contributed by atoms with Crippen LogP contribution in [0.25, 0.3) is 0 Å². The van der Waals surface area contributed by atoms with Gasteiger partial charge in [0.05, 0.1) is 16.3 Å². The van der Waals surface area contributed by atoms with Crippen molar-refractivity contribution in [3.63, 3.8) is 0 Å². The van der Waals surface area contributed by atoms with E-state index >= 15 is 0 Å². The van der Waals surface area contributed by atoms with Gasteiger partial charge in [0.15, 0.2) is 0 Å². The van der Waals surface area contributed by atoms with Crippen molar-refractivity contribution in [1.29, 1.82) is 0 Å². The van der Waals surface area contributed by atoms with Crippen LogP contribution >= 0.6 is 11.6 Å². The van der Waals surface area contributed by atoms with Gasteiger partial charge < -0.3 is 16.0 Å². The number of rotatable bonds is 3. The van der Waals surface area contributed by atoms with Crippen LogP contribution in [-0.4, -0.2) is 36.5 Å². The molecule has 2 unspecified atom stereocenters. The molecule has 0 aromatic heterocycles. The maximum atomic E-state index is 12.2. The molecule has 2 aliphatic heterocycles. The molecule has 1 aromatic carbocycles. The number of hydrogen-bond donors (Lipinski definition) is 2. The number of benzene rings is 1. The summed E-state index contributed by atoms with van der Waals surface area (Å²) in [6.45, 7) is 0.727. The molecule has 1 amide bonds. The van der Waals surface area contributed by atoms with Crippen molar-refractivity contribution in [1.82, 2.24) is 10.2 Å². The first-order chi connectivity index (χ1) is 10.1. The third kappa shape index (κ3) is 2.87. The van der Waals surface area contributed by atoms with Gasteiger partial charge in [0.1, 0.15) is 0 Å². The lowest BCUT2D eigenvalue weighted by molar-refractivity contribution is 0.0917. The van der Waals surface area contributed by atoms with Crippen LogP contribution in [0, 0.1) is 5.92 Å². The number of piperidine rings is 1. The van der Waals surface area contributed by atoms with E-state index in [9.17, 15) is 4.79 Å². The van der Waals surface area contributed by atoms with Crippen molar-refractivity contribution < 1.29 is 4.79 Å². The molecule has 0 saturated carbocycles. The molecular weight excluding hydrogens is 286 g/mol. The maximum Gasteiger partial charge on any atom is 0.252 e. The summed E-state index contributed by atoms with van der Waals surface area (Å²) in [7, 11) is 2.23. The summed E-state index contributed by atoms with van der Waals surface area (Å²) < 4.78 is 0. The minimum absolute atomic E-state index is 0.126. The monoisotopic (exact) mass is 307 g/mol. The Labute approximate surface area is 130 Å². The number of carbonyl (C=O) groups excluding carboxylic acids is 1. The standard InChI is InChI=1S/C16H22ClN3O/c1-20-11-5-6-12(20)8-10(7-11)9-19-16(21)13-3-2-4-14(18)15(13)17/h2-4,10-12H,5-9,18H2,1H3,(H,19,21). The van der Waals surface area contributed by atoms with E-state index in [0.29, 0.717) is 34.3 Å². The van der Waals surface area contributed by atoms with Crippen molar-refractivity contribution >= 4 is 23.2 Å². The first-order valence-corrected chi connectivity index (χ1v) is 7.98. The number of hydrogen-bond acceptors (Lipinski definition) is 3. The predicted molar refractivity (Wildman–Crippen MR) is 85.5 cm³/mol. The number of anilines is 1. The van der Waals surface area contributed by atoms with E-state index in [1.807, 2.05) is 0 Å². The van der Waals surface area contributed by atoms with Gasteiger partial charge in [-0.1, -0.05) is 17.7 Å². The second-order valence-corrected chi connectivity index (χ2v) is 6.68. The van der Waals surface area contributed by atoms with Crippen LogP contribution < -0.4 is 11.1 Å². The molecule has 3 rings (SSSR count). The Bertz CT molecular complexity index is 534. The van der Waals surface area contributed by atoms with Crippen LogP contribution in [0.15, 0.2) is 18.2 Å². The molecule has 2 fully saturated rings. The topological polar surface area (TPSA) is 58.4 Å². The van der Waals surface area contributed by atoms with E-state index in [0.717, 1.165) is 6.54 Å². The molecule has 0 aliphatic carbocycles. The summed E-state index contributed by atoms with van der Waals surface area (Å²) in [6.07, 6.45) is 4.95. The number of fused-ring (bicyclic) bond motifs is 2. The van der Waals surface area contributed by atoms with Gasteiger partial charge in [-0.25, -0.2) is 0 Å². The molecule has 2 heterocycles. The van der Waals surface area contributed by atoms with E-state index < -0.39 is 0 Å². The molecule has 4 nitrogen and oxygen atoms in total. The minimum Gasteiger partial charge on any atom is -0.398 e. The van der Waals surface area contributed by atoms with Gasteiger partial charge in [0.2, 0.25) is 0 Å². The van der Waals surface area contributed by atoms with Gasteiger partial charge in [-0.05, 0) is 50.8 Å². The maximum absolute atomic E-state index is 12.2. The van der Waals surface area contributed by atoms with Crippen LogP contribution in [-0.2, 0) is 0 Å². The Morgan fingerprint density at radius 2 is 2.05 bits per heavy atom. The highest BCUT2D eigenvalue weighted by Crippen LogP contribution is 2.37. The summed E-state index contributed by atoms with van der Waals surface area (Å²) in [5, 5.41) is 3.37. The summed E-state index contributed by atoms with van der Waals surface area (Å²) in [5.41, 5.74) is 6.65. The number of halogens is 1. The largest absolute Gasteiger partial charge is 0.398 e. The molecule has 2 atom stereocenters. The van der Waals surface area contributed by atoms with E-state index in [1.54, 1.807) is 18.2 Å². The Kier molecular flexibility index (Phi) is 4.09. The summed E-state index contributed by atoms with van der Waals surface area (Å²) in [5.74, 6) is 0.445. The molecule has 2 saturated heterocycles. The first kappa shape index (κ1) is 14.7. The highest BCUT2D eigenvalue weighted by atomic mass is 35.5. The Morgan fingerprint density at radius 3 is 2.71 bits per heavy atom. The minimum atomic E-state index is -0.126. The third-order valence-electron chi connectivity index (χ3n) is 5.02. The van der Waals surface area contributed by atoms with Crippen LogP contribution in [0.1, 0.15) is 36.0 Å². The van der Waals surface area contributed by atoms with E-state index in [-0.39, 0.29) is 5.91 Å². The fourth-order valence-electron chi connectivity index (χ4n) is 3.75. The number of nitrogen functional groups attached to an aromatic ring is 1. The molecule has 2 bridgehead atoms. The third-order valence-corrected chi connectivity index (χ3v) is 5.44. The van der Waals surface area contributed by atoms with Crippen LogP contribution in [0.2, 0.25) is 5.02 Å². The van der Waals surface area contributed by atoms with Crippen LogP contribution in [0.3, 0.4) is 0 Å². The van der Waals surface area contributed by atoms with Gasteiger partial charge in [0, 0.05) is 18.6 Å². The molecule has 2 aliphatic rings. The van der Waals surface area contributed by atoms with Crippen molar-refractivity contribution in [3.8, 4) is 0 Å². The SMILES string of the molecule is CN1C2CCC1CC(CNC(=O)c1cccc(N)c1Cl)C2. The van der Waals surface area contributed by atoms with E-state index in [4.69, 9.17) is 17.3 Å². The Morgan fingerprint density at radius 1 is 1.38 bits per heavy atom. The zero-order valence-electron chi connectivity index (χ0n) is 12.3. The molecule has 3 N–H and O–H groups in total. The number of amides is 1. The molecular formula is C16H22ClN3O. The quantitative estimate of drug-likeness (QED) is 0.844. The number of carbonyl (C=O) groups is 1. The summed E-state index contributed by atoms with van der Waals surface area (Å²) >= 11 is 6.09. The van der Waals surface area contributed by atoms with Crippen molar-refractivity contribution in [2.24, 2.45) is 5.92 Å². The fraction of sp³-hybridized carbons (Fsp3) is 0.562. The lowest BCUT2D eigenvalue weighted by Gasteiger charge is -2.36. The predicted octanol–water partition coefficient (Wildman–Crippen LogP) is 2.52. The van der Waals surface area contributed by atoms with Crippen molar-refractivity contribution in [2.75, 3.05) is 19.3 Å². The smallest absolute Gasteiger partial charge is 0.252 e. The van der Waals surface area contributed by atoms with Gasteiger partial charge in [-0.15, -0.1) is 0 Å². The van der Waals surface area contributed by atoms with Crippen LogP contribution in [0.4, 0.5) is 5.69 Å². The van der Waals surface area contributed by atoms with Gasteiger partial charge in [-0.2, -0.15) is 0 Å². The van der Waals surface area contributed by atoms with Crippen molar-refractivity contribution in [3.05, 3.63) is 28.8 Å². The molecule has 0 radical (unpaired) electrons. The molecule has 1 aromatic rings. The van der Waals surface area contributed by atoms with Gasteiger partial charge in [-0.3, -0.25) is 4.79 Å². The molecule has 5 heteroatoms. The lowest BCUT2D eigenvalue weighted by atomic mass is 9.91. The highest BCUT2D eigenvalue weighted by Gasteiger charge is 2.38. The second-order valence-electron chi connectivity index (χ2n) is 6.31. The van der Waals surface area contributed by atoms with Gasteiger partial charge >= 0.3 is 0 Å². The number of nitrogens with two attached hydrogens (primary N) is 1. The summed E-state index contributed by atoms with van der Waals surface area (Å²) in [6, 6.07) is 6.56. The Hall–Kier alpha value is -1.26. The first-order valence-electron chi connectivity index (χ1n) is 7.60. The summed E-state index contributed by atoms with van der Waals surface area (Å²) in [4.78, 5) is 14.7. The van der Waals surface area contributed by atoms with E-state index in [1.165, 1.54) is 25.7 Å². The number of nitrogens with zero attached hydrogens (tertiary/aromatic N) is 1.